The highest BCUT2D eigenvalue weighted by Crippen LogP contribution is 2.19. The van der Waals surface area contributed by atoms with E-state index in [9.17, 15) is 9.59 Å². The van der Waals surface area contributed by atoms with Gasteiger partial charge in [-0.1, -0.05) is 48.0 Å². The van der Waals surface area contributed by atoms with E-state index < -0.39 is 12.1 Å². The number of aromatic nitrogens is 2. The first-order valence-corrected chi connectivity index (χ1v) is 11.6. The lowest BCUT2D eigenvalue weighted by molar-refractivity contribution is -0.155. The van der Waals surface area contributed by atoms with Gasteiger partial charge in [0.1, 0.15) is 12.1 Å². The molecule has 2 aliphatic heterocycles. The molecule has 2 aliphatic rings. The summed E-state index contributed by atoms with van der Waals surface area (Å²) in [6, 6.07) is 16.9. The second-order valence-electron chi connectivity index (χ2n) is 8.97. The number of nitrogens with zero attached hydrogens (tertiary/aromatic N) is 4. The minimum atomic E-state index is -0.633. The van der Waals surface area contributed by atoms with Crippen LogP contribution in [0.4, 0.5) is 0 Å². The van der Waals surface area contributed by atoms with E-state index in [-0.39, 0.29) is 18.4 Å². The van der Waals surface area contributed by atoms with Crippen LogP contribution in [-0.4, -0.2) is 69.7 Å². The number of ether oxygens (including phenoxy) is 1. The molecule has 34 heavy (non-hydrogen) atoms. The summed E-state index contributed by atoms with van der Waals surface area (Å²) in [6.45, 7) is 5.07. The first-order chi connectivity index (χ1) is 16.6. The van der Waals surface area contributed by atoms with Gasteiger partial charge >= 0.3 is 0 Å². The zero-order valence-corrected chi connectivity index (χ0v) is 19.3. The highest BCUT2D eigenvalue weighted by atomic mass is 16.5. The second-order valence-corrected chi connectivity index (χ2v) is 8.97. The number of benzene rings is 2. The lowest BCUT2D eigenvalue weighted by atomic mass is 10.0. The molecule has 0 radical (unpaired) electrons. The van der Waals surface area contributed by atoms with Gasteiger partial charge in [0.05, 0.1) is 25.1 Å². The number of carbonyl (C=O) groups is 2. The van der Waals surface area contributed by atoms with Crippen molar-refractivity contribution in [1.82, 2.24) is 24.9 Å². The molecule has 2 aromatic carbocycles. The Hall–Kier alpha value is -3.49. The van der Waals surface area contributed by atoms with E-state index in [1.807, 2.05) is 59.5 Å². The van der Waals surface area contributed by atoms with Crippen LogP contribution in [0.3, 0.4) is 0 Å². The van der Waals surface area contributed by atoms with E-state index in [1.165, 1.54) is 5.56 Å². The number of amides is 2. The average molecular weight is 460 g/mol. The van der Waals surface area contributed by atoms with Gasteiger partial charge in [-0.3, -0.25) is 14.5 Å². The maximum Gasteiger partial charge on any atom is 0.248 e. The third kappa shape index (κ3) is 4.88. The number of hydrogen-bond donors (Lipinski definition) is 1. The number of aryl methyl sites for hydroxylation is 1. The fraction of sp³-hybridized carbons (Fsp3) is 0.346. The predicted molar refractivity (Wildman–Crippen MR) is 127 cm³/mol. The van der Waals surface area contributed by atoms with Crippen molar-refractivity contribution in [3.63, 3.8) is 0 Å². The zero-order valence-electron chi connectivity index (χ0n) is 19.3. The maximum atomic E-state index is 13.0. The molecular weight excluding hydrogens is 430 g/mol. The number of hydrogen-bond acceptors (Lipinski definition) is 5. The Labute approximate surface area is 199 Å². The molecule has 0 bridgehead atoms. The van der Waals surface area contributed by atoms with Gasteiger partial charge < -0.3 is 15.0 Å². The molecule has 5 rings (SSSR count). The van der Waals surface area contributed by atoms with E-state index in [2.05, 4.69) is 34.4 Å². The summed E-state index contributed by atoms with van der Waals surface area (Å²) in [6.07, 6.45) is 3.88. The summed E-state index contributed by atoms with van der Waals surface area (Å²) < 4.78 is 7.58. The Morgan fingerprint density at radius 1 is 1.03 bits per heavy atom. The number of fused-ring (bicyclic) bond motifs is 1. The topological polar surface area (TPSA) is 79.7 Å². The molecule has 176 valence electrons. The van der Waals surface area contributed by atoms with Crippen LogP contribution >= 0.6 is 0 Å². The Bertz CT molecular complexity index is 1140. The third-order valence-electron chi connectivity index (χ3n) is 6.40. The number of nitrogens with one attached hydrogen (secondary N) is 1. The van der Waals surface area contributed by atoms with Gasteiger partial charge in [0.25, 0.3) is 0 Å². The minimum Gasteiger partial charge on any atom is -0.374 e. The number of rotatable bonds is 7. The second kappa shape index (κ2) is 9.79. The molecule has 0 unspecified atom stereocenters. The third-order valence-corrected chi connectivity index (χ3v) is 6.40. The molecule has 2 saturated heterocycles. The molecule has 8 heteroatoms. The quantitative estimate of drug-likeness (QED) is 0.584. The molecular formula is C26H29N5O3. The molecule has 3 aromatic rings. The molecule has 2 fully saturated rings. The average Bonchev–Trinajstić information content (AvgIpc) is 3.32. The summed E-state index contributed by atoms with van der Waals surface area (Å²) in [5.41, 5.74) is 4.33. The fourth-order valence-electron chi connectivity index (χ4n) is 4.52. The number of piperazine rings is 2. The van der Waals surface area contributed by atoms with Crippen molar-refractivity contribution in [2.45, 2.75) is 32.2 Å². The van der Waals surface area contributed by atoms with Crippen LogP contribution in [0.2, 0.25) is 0 Å². The van der Waals surface area contributed by atoms with Gasteiger partial charge in [-0.05, 0) is 24.6 Å². The van der Waals surface area contributed by atoms with Gasteiger partial charge in [0.2, 0.25) is 11.8 Å². The van der Waals surface area contributed by atoms with Gasteiger partial charge in [0, 0.05) is 37.9 Å². The van der Waals surface area contributed by atoms with Crippen molar-refractivity contribution < 1.29 is 14.3 Å². The Kier molecular flexibility index (Phi) is 6.42. The van der Waals surface area contributed by atoms with E-state index in [4.69, 9.17) is 4.74 Å². The standard InChI is InChI=1S/C26H29N5O3/c1-19-7-9-22(10-8-19)31-15-21(13-27-31)14-29-11-12-30-24(16-29)25(32)28-23(26(30)33)18-34-17-20-5-3-2-4-6-20/h2-10,13,15,23-24H,11-12,14,16-18H2,1H3,(H,28,32)/t23-,24+/m0/s1. The summed E-state index contributed by atoms with van der Waals surface area (Å²) >= 11 is 0. The lowest BCUT2D eigenvalue weighted by Crippen LogP contribution is -2.69. The van der Waals surface area contributed by atoms with Gasteiger partial charge in [-0.15, -0.1) is 0 Å². The minimum absolute atomic E-state index is 0.0653. The molecule has 3 heterocycles. The van der Waals surface area contributed by atoms with Crippen molar-refractivity contribution in [3.8, 4) is 5.69 Å². The highest BCUT2D eigenvalue weighted by Gasteiger charge is 2.43. The molecule has 0 spiro atoms. The molecule has 2 atom stereocenters. The number of carbonyl (C=O) groups excluding carboxylic acids is 2. The molecule has 1 N–H and O–H groups in total. The molecule has 0 saturated carbocycles. The maximum absolute atomic E-state index is 13.0. The van der Waals surface area contributed by atoms with Gasteiger partial charge in [-0.25, -0.2) is 4.68 Å². The van der Waals surface area contributed by atoms with E-state index >= 15 is 0 Å². The fourth-order valence-corrected chi connectivity index (χ4v) is 4.52. The monoisotopic (exact) mass is 459 g/mol. The summed E-state index contributed by atoms with van der Waals surface area (Å²) in [5, 5.41) is 7.35. The summed E-state index contributed by atoms with van der Waals surface area (Å²) in [7, 11) is 0. The van der Waals surface area contributed by atoms with Crippen LogP contribution < -0.4 is 5.32 Å². The van der Waals surface area contributed by atoms with E-state index in [1.54, 1.807) is 4.90 Å². The van der Waals surface area contributed by atoms with Gasteiger partial charge in [-0.2, -0.15) is 5.10 Å². The zero-order chi connectivity index (χ0) is 23.5. The van der Waals surface area contributed by atoms with Crippen molar-refractivity contribution >= 4 is 11.8 Å². The molecule has 8 nitrogen and oxygen atoms in total. The van der Waals surface area contributed by atoms with E-state index in [0.717, 1.165) is 16.8 Å². The highest BCUT2D eigenvalue weighted by molar-refractivity contribution is 5.97. The van der Waals surface area contributed by atoms with Crippen molar-refractivity contribution in [2.75, 3.05) is 26.2 Å². The largest absolute Gasteiger partial charge is 0.374 e. The van der Waals surface area contributed by atoms with Crippen molar-refractivity contribution in [1.29, 1.82) is 0 Å². The van der Waals surface area contributed by atoms with Crippen LogP contribution in [0.25, 0.3) is 5.69 Å². The SMILES string of the molecule is Cc1ccc(-n2cc(CN3CCN4C(=O)[C@H](COCc5ccccc5)NC(=O)[C@H]4C3)cn2)cc1. The Balaban J connectivity index is 1.16. The van der Waals surface area contributed by atoms with E-state index in [0.29, 0.717) is 32.8 Å². The smallest absolute Gasteiger partial charge is 0.248 e. The van der Waals surface area contributed by atoms with Gasteiger partial charge in [0.15, 0.2) is 0 Å². The first kappa shape index (κ1) is 22.3. The van der Waals surface area contributed by atoms with Crippen LogP contribution in [0.5, 0.6) is 0 Å². The van der Waals surface area contributed by atoms with Crippen LogP contribution in [-0.2, 0) is 27.5 Å². The van der Waals surface area contributed by atoms with Crippen LogP contribution in [0, 0.1) is 6.92 Å². The summed E-state index contributed by atoms with van der Waals surface area (Å²) in [4.78, 5) is 29.7. The molecule has 1 aromatic heterocycles. The van der Waals surface area contributed by atoms with Crippen molar-refractivity contribution in [2.24, 2.45) is 0 Å². The first-order valence-electron chi connectivity index (χ1n) is 11.6. The normalized spacial score (nSPS) is 20.8. The molecule has 2 amide bonds. The Morgan fingerprint density at radius 2 is 1.82 bits per heavy atom. The molecule has 0 aliphatic carbocycles. The summed E-state index contributed by atoms with van der Waals surface area (Å²) in [5.74, 6) is -0.183. The lowest BCUT2D eigenvalue weighted by Gasteiger charge is -2.45. The predicted octanol–water partition coefficient (Wildman–Crippen LogP) is 1.91. The van der Waals surface area contributed by atoms with Crippen LogP contribution in [0.1, 0.15) is 16.7 Å². The van der Waals surface area contributed by atoms with Crippen molar-refractivity contribution in [3.05, 3.63) is 83.7 Å². The van der Waals surface area contributed by atoms with Crippen LogP contribution in [0.15, 0.2) is 67.0 Å². The Morgan fingerprint density at radius 3 is 2.62 bits per heavy atom.